The second-order valence-electron chi connectivity index (χ2n) is 7.20. The summed E-state index contributed by atoms with van der Waals surface area (Å²) in [5.74, 6) is 1.14. The van der Waals surface area contributed by atoms with Gasteiger partial charge in [-0.05, 0) is 49.7 Å². The first-order valence-corrected chi connectivity index (χ1v) is 10.0. The third kappa shape index (κ3) is 3.82. The SMILES string of the molecule is CCN(CC)c1ccc2c(c1)Oc1ccc(C(F)(F)F)c(Nc3ccccc3)c1C2. The molecule has 0 aliphatic carbocycles. The lowest BCUT2D eigenvalue weighted by atomic mass is 9.95. The highest BCUT2D eigenvalue weighted by atomic mass is 19.4. The Morgan fingerprint density at radius 1 is 0.933 bits per heavy atom. The van der Waals surface area contributed by atoms with Crippen LogP contribution in [0.2, 0.25) is 0 Å². The van der Waals surface area contributed by atoms with Crippen LogP contribution in [0.5, 0.6) is 11.5 Å². The molecule has 6 heteroatoms. The predicted octanol–water partition coefficient (Wildman–Crippen LogP) is 6.99. The van der Waals surface area contributed by atoms with Crippen molar-refractivity contribution < 1.29 is 17.9 Å². The summed E-state index contributed by atoms with van der Waals surface area (Å²) in [6.07, 6.45) is -4.11. The number of nitrogens with zero attached hydrogens (tertiary/aromatic N) is 1. The largest absolute Gasteiger partial charge is 0.457 e. The van der Waals surface area contributed by atoms with E-state index < -0.39 is 11.7 Å². The summed E-state index contributed by atoms with van der Waals surface area (Å²) in [6, 6.07) is 17.3. The quantitative estimate of drug-likeness (QED) is 0.382. The second-order valence-corrected chi connectivity index (χ2v) is 7.20. The average molecular weight is 412 g/mol. The van der Waals surface area contributed by atoms with E-state index in [4.69, 9.17) is 4.74 Å². The smallest absolute Gasteiger partial charge is 0.418 e. The van der Waals surface area contributed by atoms with Gasteiger partial charge < -0.3 is 15.0 Å². The minimum Gasteiger partial charge on any atom is -0.457 e. The number of hydrogen-bond acceptors (Lipinski definition) is 3. The van der Waals surface area contributed by atoms with Crippen LogP contribution in [0.15, 0.2) is 60.7 Å². The van der Waals surface area contributed by atoms with Crippen LogP contribution >= 0.6 is 0 Å². The van der Waals surface area contributed by atoms with Crippen molar-refractivity contribution in [3.63, 3.8) is 0 Å². The third-order valence-electron chi connectivity index (χ3n) is 5.38. The van der Waals surface area contributed by atoms with E-state index in [2.05, 4.69) is 24.1 Å². The summed E-state index contributed by atoms with van der Waals surface area (Å²) < 4.78 is 47.3. The molecular formula is C24H23F3N2O. The first kappa shape index (κ1) is 20.1. The lowest BCUT2D eigenvalue weighted by molar-refractivity contribution is -0.137. The Morgan fingerprint density at radius 2 is 1.67 bits per heavy atom. The summed E-state index contributed by atoms with van der Waals surface area (Å²) in [5.41, 5.74) is 2.36. The molecule has 4 rings (SSSR count). The van der Waals surface area contributed by atoms with Crippen LogP contribution in [0.25, 0.3) is 0 Å². The number of rotatable bonds is 5. The van der Waals surface area contributed by atoms with E-state index in [1.807, 2.05) is 24.3 Å². The number of benzene rings is 3. The molecule has 0 unspecified atom stereocenters. The molecule has 0 bridgehead atoms. The molecule has 0 radical (unpaired) electrons. The maximum Gasteiger partial charge on any atom is 0.418 e. The first-order chi connectivity index (χ1) is 14.4. The molecule has 0 amide bonds. The van der Waals surface area contributed by atoms with Crippen LogP contribution in [0.4, 0.5) is 30.2 Å². The Morgan fingerprint density at radius 3 is 2.33 bits per heavy atom. The molecule has 0 saturated heterocycles. The van der Waals surface area contributed by atoms with Gasteiger partial charge in [0.25, 0.3) is 0 Å². The number of hydrogen-bond donors (Lipinski definition) is 1. The fourth-order valence-corrected chi connectivity index (χ4v) is 3.82. The highest BCUT2D eigenvalue weighted by Gasteiger charge is 2.36. The van der Waals surface area contributed by atoms with Gasteiger partial charge in [0, 0.05) is 42.5 Å². The zero-order valence-corrected chi connectivity index (χ0v) is 16.9. The molecule has 1 aliphatic rings. The summed E-state index contributed by atoms with van der Waals surface area (Å²) in [5, 5.41) is 2.98. The number of nitrogens with one attached hydrogen (secondary N) is 1. The minimum absolute atomic E-state index is 0.0460. The number of ether oxygens (including phenoxy) is 1. The van der Waals surface area contributed by atoms with Gasteiger partial charge in [-0.25, -0.2) is 0 Å². The molecule has 3 nitrogen and oxygen atoms in total. The Labute approximate surface area is 174 Å². The van der Waals surface area contributed by atoms with Crippen molar-refractivity contribution in [2.24, 2.45) is 0 Å². The summed E-state index contributed by atoms with van der Waals surface area (Å²) in [7, 11) is 0. The van der Waals surface area contributed by atoms with E-state index in [9.17, 15) is 13.2 Å². The molecule has 0 fully saturated rings. The van der Waals surface area contributed by atoms with Gasteiger partial charge in [-0.3, -0.25) is 0 Å². The standard InChI is InChI=1S/C24H23F3N2O/c1-3-29(4-2)18-11-10-16-14-19-21(30-22(16)15-18)13-12-20(24(25,26)27)23(19)28-17-8-6-5-7-9-17/h5-13,15,28H,3-4,14H2,1-2H3. The molecule has 30 heavy (non-hydrogen) atoms. The topological polar surface area (TPSA) is 24.5 Å². The molecule has 0 aromatic heterocycles. The van der Waals surface area contributed by atoms with Crippen molar-refractivity contribution in [2.45, 2.75) is 26.4 Å². The number of anilines is 3. The molecule has 3 aromatic carbocycles. The number of alkyl halides is 3. The zero-order valence-electron chi connectivity index (χ0n) is 16.9. The fourth-order valence-electron chi connectivity index (χ4n) is 3.82. The number of halogens is 3. The van der Waals surface area contributed by atoms with Crippen molar-refractivity contribution in [1.29, 1.82) is 0 Å². The van der Waals surface area contributed by atoms with Gasteiger partial charge >= 0.3 is 6.18 Å². The molecule has 0 atom stereocenters. The Balaban J connectivity index is 1.77. The molecular weight excluding hydrogens is 389 g/mol. The lowest BCUT2D eigenvalue weighted by Crippen LogP contribution is -2.22. The van der Waals surface area contributed by atoms with Crippen molar-refractivity contribution in [1.82, 2.24) is 0 Å². The second kappa shape index (κ2) is 7.94. The minimum atomic E-state index is -4.47. The molecule has 1 aliphatic heterocycles. The van der Waals surface area contributed by atoms with Crippen LogP contribution in [0.1, 0.15) is 30.5 Å². The molecule has 1 N–H and O–H groups in total. The third-order valence-corrected chi connectivity index (χ3v) is 5.38. The molecule has 3 aromatic rings. The van der Waals surface area contributed by atoms with E-state index in [-0.39, 0.29) is 5.69 Å². The average Bonchev–Trinajstić information content (AvgIpc) is 2.73. The van der Waals surface area contributed by atoms with Crippen LogP contribution in [-0.4, -0.2) is 13.1 Å². The summed E-state index contributed by atoms with van der Waals surface area (Å²) in [4.78, 5) is 2.20. The van der Waals surface area contributed by atoms with Crippen LogP contribution in [0, 0.1) is 0 Å². The van der Waals surface area contributed by atoms with Crippen molar-refractivity contribution >= 4 is 17.1 Å². The van der Waals surface area contributed by atoms with Crippen molar-refractivity contribution in [2.75, 3.05) is 23.3 Å². The Hall–Kier alpha value is -3.15. The first-order valence-electron chi connectivity index (χ1n) is 10.0. The lowest BCUT2D eigenvalue weighted by Gasteiger charge is -2.28. The Bertz CT molecular complexity index is 1040. The number of fused-ring (bicyclic) bond motifs is 2. The maximum absolute atomic E-state index is 13.8. The Kier molecular flexibility index (Phi) is 5.33. The van der Waals surface area contributed by atoms with E-state index >= 15 is 0 Å². The van der Waals surface area contributed by atoms with Gasteiger partial charge in [0.05, 0.1) is 11.3 Å². The van der Waals surface area contributed by atoms with Gasteiger partial charge in [-0.2, -0.15) is 13.2 Å². The highest BCUT2D eigenvalue weighted by Crippen LogP contribution is 2.47. The van der Waals surface area contributed by atoms with Gasteiger partial charge in [0.2, 0.25) is 0 Å². The predicted molar refractivity (Wildman–Crippen MR) is 114 cm³/mol. The number of para-hydroxylation sites is 1. The molecule has 0 saturated carbocycles. The maximum atomic E-state index is 13.8. The summed E-state index contributed by atoms with van der Waals surface area (Å²) >= 11 is 0. The van der Waals surface area contributed by atoms with Crippen molar-refractivity contribution in [3.05, 3.63) is 77.4 Å². The fraction of sp³-hybridized carbons (Fsp3) is 0.250. The van der Waals surface area contributed by atoms with E-state index in [0.29, 0.717) is 29.2 Å². The zero-order chi connectivity index (χ0) is 21.3. The van der Waals surface area contributed by atoms with Crippen LogP contribution in [-0.2, 0) is 12.6 Å². The van der Waals surface area contributed by atoms with E-state index in [1.165, 1.54) is 6.07 Å². The van der Waals surface area contributed by atoms with Crippen LogP contribution in [0.3, 0.4) is 0 Å². The summed E-state index contributed by atoms with van der Waals surface area (Å²) in [6.45, 7) is 5.90. The van der Waals surface area contributed by atoms with Gasteiger partial charge in [-0.15, -0.1) is 0 Å². The molecule has 1 heterocycles. The van der Waals surface area contributed by atoms with Gasteiger partial charge in [0.15, 0.2) is 0 Å². The van der Waals surface area contributed by atoms with Crippen LogP contribution < -0.4 is 15.0 Å². The molecule has 0 spiro atoms. The van der Waals surface area contributed by atoms with Gasteiger partial charge in [-0.1, -0.05) is 24.3 Å². The normalized spacial score (nSPS) is 12.6. The van der Waals surface area contributed by atoms with E-state index in [1.54, 1.807) is 24.3 Å². The monoisotopic (exact) mass is 412 g/mol. The van der Waals surface area contributed by atoms with E-state index in [0.717, 1.165) is 30.4 Å². The van der Waals surface area contributed by atoms with Gasteiger partial charge in [0.1, 0.15) is 11.5 Å². The van der Waals surface area contributed by atoms with Crippen molar-refractivity contribution in [3.8, 4) is 11.5 Å². The highest BCUT2D eigenvalue weighted by molar-refractivity contribution is 5.73. The molecule has 156 valence electrons.